The van der Waals surface area contributed by atoms with Crippen LogP contribution in [0, 0.1) is 0 Å². The van der Waals surface area contributed by atoms with Crippen LogP contribution >= 0.6 is 11.3 Å². The minimum atomic E-state index is -4.56. The molecule has 0 saturated carbocycles. The van der Waals surface area contributed by atoms with Crippen molar-refractivity contribution in [3.05, 3.63) is 64.7 Å². The maximum absolute atomic E-state index is 13.3. The number of halogens is 3. The Morgan fingerprint density at radius 2 is 1.74 bits per heavy atom. The summed E-state index contributed by atoms with van der Waals surface area (Å²) in [5.74, 6) is 0.246. The summed E-state index contributed by atoms with van der Waals surface area (Å²) in [6, 6.07) is 12.5. The number of carbonyl (C=O) groups excluding carboxylic acids is 1. The molecule has 2 heterocycles. The summed E-state index contributed by atoms with van der Waals surface area (Å²) in [4.78, 5) is 14.2. The quantitative estimate of drug-likeness (QED) is 0.548. The van der Waals surface area contributed by atoms with Gasteiger partial charge in [-0.3, -0.25) is 4.79 Å². The number of amides is 1. The highest BCUT2D eigenvalue weighted by atomic mass is 32.1. The molecule has 1 aromatic heterocycles. The predicted molar refractivity (Wildman–Crippen MR) is 111 cm³/mol. The molecule has 3 aromatic rings. The van der Waals surface area contributed by atoms with E-state index in [9.17, 15) is 18.0 Å². The zero-order valence-electron chi connectivity index (χ0n) is 16.7. The normalized spacial score (nSPS) is 15.2. The van der Waals surface area contributed by atoms with Gasteiger partial charge in [-0.05, 0) is 37.1 Å². The lowest BCUT2D eigenvalue weighted by Gasteiger charge is -2.31. The molecule has 1 amide bonds. The number of para-hydroxylation sites is 1. The number of methoxy groups -OCH3 is 1. The van der Waals surface area contributed by atoms with E-state index in [1.165, 1.54) is 34.4 Å². The van der Waals surface area contributed by atoms with Gasteiger partial charge in [-0.15, -0.1) is 10.2 Å². The smallest absolute Gasteiger partial charge is 0.417 e. The van der Waals surface area contributed by atoms with E-state index in [0.29, 0.717) is 31.7 Å². The number of aromatic nitrogens is 2. The Bertz CT molecular complexity index is 1080. The summed E-state index contributed by atoms with van der Waals surface area (Å²) < 4.78 is 45.2. The predicted octanol–water partition coefficient (Wildman–Crippen LogP) is 5.25. The van der Waals surface area contributed by atoms with Crippen molar-refractivity contribution in [3.63, 3.8) is 0 Å². The van der Waals surface area contributed by atoms with Crippen molar-refractivity contribution in [1.29, 1.82) is 0 Å². The second kappa shape index (κ2) is 8.66. The number of hydrogen-bond acceptors (Lipinski definition) is 5. The number of rotatable bonds is 4. The zero-order valence-corrected chi connectivity index (χ0v) is 17.5. The first-order chi connectivity index (χ1) is 14.9. The number of ether oxygens (including phenoxy) is 1. The summed E-state index contributed by atoms with van der Waals surface area (Å²) in [6.07, 6.45) is -3.31. The number of nitrogens with zero attached hydrogens (tertiary/aromatic N) is 3. The number of hydrogen-bond donors (Lipinski definition) is 0. The van der Waals surface area contributed by atoms with Crippen molar-refractivity contribution < 1.29 is 22.7 Å². The zero-order chi connectivity index (χ0) is 22.0. The maximum Gasteiger partial charge on any atom is 0.417 e. The van der Waals surface area contributed by atoms with Crippen LogP contribution in [0.1, 0.15) is 39.7 Å². The molecule has 1 fully saturated rings. The lowest BCUT2D eigenvalue weighted by Crippen LogP contribution is -2.38. The van der Waals surface area contributed by atoms with Crippen molar-refractivity contribution in [2.45, 2.75) is 24.9 Å². The monoisotopic (exact) mass is 447 g/mol. The van der Waals surface area contributed by atoms with Crippen LogP contribution in [-0.4, -0.2) is 41.2 Å². The molecule has 162 valence electrons. The summed E-state index contributed by atoms with van der Waals surface area (Å²) in [7, 11) is 1.60. The Morgan fingerprint density at radius 1 is 1.06 bits per heavy atom. The van der Waals surface area contributed by atoms with E-state index >= 15 is 0 Å². The van der Waals surface area contributed by atoms with E-state index in [-0.39, 0.29) is 11.5 Å². The van der Waals surface area contributed by atoms with E-state index in [1.54, 1.807) is 7.11 Å². The fourth-order valence-electron chi connectivity index (χ4n) is 3.75. The summed E-state index contributed by atoms with van der Waals surface area (Å²) in [5, 5.41) is 10.2. The minimum absolute atomic E-state index is 0.114. The van der Waals surface area contributed by atoms with Gasteiger partial charge in [-0.2, -0.15) is 13.2 Å². The van der Waals surface area contributed by atoms with Crippen molar-refractivity contribution >= 4 is 17.2 Å². The van der Waals surface area contributed by atoms with E-state index < -0.39 is 17.6 Å². The van der Waals surface area contributed by atoms with Crippen molar-refractivity contribution in [2.24, 2.45) is 0 Å². The second-order valence-electron chi connectivity index (χ2n) is 7.26. The summed E-state index contributed by atoms with van der Waals surface area (Å²) in [5.41, 5.74) is -0.333. The number of likely N-dealkylation sites (tertiary alicyclic amines) is 1. The number of alkyl halides is 3. The van der Waals surface area contributed by atoms with Crippen molar-refractivity contribution in [1.82, 2.24) is 15.1 Å². The van der Waals surface area contributed by atoms with E-state index in [1.807, 2.05) is 24.3 Å². The van der Waals surface area contributed by atoms with Crippen LogP contribution in [0.2, 0.25) is 0 Å². The van der Waals surface area contributed by atoms with Gasteiger partial charge in [-0.25, -0.2) is 0 Å². The average molecular weight is 447 g/mol. The van der Waals surface area contributed by atoms with Crippen LogP contribution in [0.25, 0.3) is 10.6 Å². The molecule has 0 unspecified atom stereocenters. The lowest BCUT2D eigenvalue weighted by molar-refractivity contribution is -0.138. The Balaban J connectivity index is 1.46. The fraction of sp³-hybridized carbons (Fsp3) is 0.318. The number of benzene rings is 2. The van der Waals surface area contributed by atoms with Gasteiger partial charge in [0.25, 0.3) is 5.91 Å². The van der Waals surface area contributed by atoms with Crippen LogP contribution in [0.4, 0.5) is 13.2 Å². The van der Waals surface area contributed by atoms with Crippen LogP contribution in [-0.2, 0) is 6.18 Å². The molecule has 0 atom stereocenters. The van der Waals surface area contributed by atoms with Gasteiger partial charge in [0.05, 0.1) is 23.8 Å². The molecule has 1 saturated heterocycles. The SMILES string of the molecule is COc1ccccc1-c1nnc(C2CCN(C(=O)c3ccccc3C(F)(F)F)CC2)s1. The van der Waals surface area contributed by atoms with Crippen molar-refractivity contribution in [3.8, 4) is 16.3 Å². The largest absolute Gasteiger partial charge is 0.496 e. The molecule has 0 spiro atoms. The van der Waals surface area contributed by atoms with Gasteiger partial charge in [0.15, 0.2) is 5.01 Å². The Hall–Kier alpha value is -2.94. The first-order valence-electron chi connectivity index (χ1n) is 9.80. The van der Waals surface area contributed by atoms with E-state index in [2.05, 4.69) is 10.2 Å². The fourth-order valence-corrected chi connectivity index (χ4v) is 4.79. The van der Waals surface area contributed by atoms with Gasteiger partial charge in [0, 0.05) is 19.0 Å². The summed E-state index contributed by atoms with van der Waals surface area (Å²) in [6.45, 7) is 0.749. The van der Waals surface area contributed by atoms with Crippen LogP contribution in [0.15, 0.2) is 48.5 Å². The molecule has 0 radical (unpaired) electrons. The highest BCUT2D eigenvalue weighted by Gasteiger charge is 2.36. The molecule has 2 aromatic carbocycles. The second-order valence-corrected chi connectivity index (χ2v) is 8.26. The van der Waals surface area contributed by atoms with Crippen molar-refractivity contribution in [2.75, 3.05) is 20.2 Å². The molecule has 4 rings (SSSR count). The van der Waals surface area contributed by atoms with Crippen LogP contribution in [0.3, 0.4) is 0 Å². The van der Waals surface area contributed by atoms with Gasteiger partial charge < -0.3 is 9.64 Å². The van der Waals surface area contributed by atoms with E-state index in [0.717, 1.165) is 21.6 Å². The first-order valence-corrected chi connectivity index (χ1v) is 10.6. The highest BCUT2D eigenvalue weighted by molar-refractivity contribution is 7.14. The molecule has 1 aliphatic rings. The highest BCUT2D eigenvalue weighted by Crippen LogP contribution is 2.37. The molecule has 0 bridgehead atoms. The molecular weight excluding hydrogens is 427 g/mol. The molecule has 5 nitrogen and oxygen atoms in total. The Kier molecular flexibility index (Phi) is 5.95. The third-order valence-electron chi connectivity index (χ3n) is 5.37. The molecule has 0 aliphatic carbocycles. The Morgan fingerprint density at radius 3 is 2.45 bits per heavy atom. The van der Waals surface area contributed by atoms with Gasteiger partial charge in [0.2, 0.25) is 0 Å². The molecule has 0 N–H and O–H groups in total. The Labute approximate surface area is 181 Å². The van der Waals surface area contributed by atoms with Gasteiger partial charge >= 0.3 is 6.18 Å². The topological polar surface area (TPSA) is 55.3 Å². The molecule has 31 heavy (non-hydrogen) atoms. The maximum atomic E-state index is 13.3. The van der Waals surface area contributed by atoms with Crippen LogP contribution in [0.5, 0.6) is 5.75 Å². The van der Waals surface area contributed by atoms with Gasteiger partial charge in [-0.1, -0.05) is 35.6 Å². The number of carbonyl (C=O) groups is 1. The molecular formula is C22H20F3N3O2S. The van der Waals surface area contributed by atoms with Gasteiger partial charge in [0.1, 0.15) is 10.8 Å². The molecule has 9 heteroatoms. The standard InChI is InChI=1S/C22H20F3N3O2S/c1-30-18-9-5-3-7-16(18)20-27-26-19(31-20)14-10-12-28(13-11-14)21(29)15-6-2-4-8-17(15)22(23,24)25/h2-9,14H,10-13H2,1H3. The number of piperidine rings is 1. The minimum Gasteiger partial charge on any atom is -0.496 e. The molecule has 1 aliphatic heterocycles. The van der Waals surface area contributed by atoms with E-state index in [4.69, 9.17) is 4.74 Å². The summed E-state index contributed by atoms with van der Waals surface area (Å²) >= 11 is 1.48. The van der Waals surface area contributed by atoms with Crippen LogP contribution < -0.4 is 4.74 Å². The third-order valence-corrected chi connectivity index (χ3v) is 6.49. The lowest BCUT2D eigenvalue weighted by atomic mass is 9.96. The third kappa shape index (κ3) is 4.41. The average Bonchev–Trinajstić information content (AvgIpc) is 3.28. The first kappa shape index (κ1) is 21.3.